The SMILES string of the molecule is Cc1cccn2cc(CC(=O)NC(C)C)nc12. The summed E-state index contributed by atoms with van der Waals surface area (Å²) in [6, 6.07) is 4.16. The number of nitrogens with one attached hydrogen (secondary N) is 1. The van der Waals surface area contributed by atoms with E-state index in [4.69, 9.17) is 0 Å². The fraction of sp³-hybridized carbons (Fsp3) is 0.385. The topological polar surface area (TPSA) is 46.4 Å². The molecule has 90 valence electrons. The Morgan fingerprint density at radius 2 is 2.29 bits per heavy atom. The van der Waals surface area contributed by atoms with Crippen molar-refractivity contribution < 1.29 is 4.79 Å². The van der Waals surface area contributed by atoms with Gasteiger partial charge in [0.2, 0.25) is 5.91 Å². The first-order chi connectivity index (χ1) is 8.06. The molecule has 0 bridgehead atoms. The van der Waals surface area contributed by atoms with Crippen molar-refractivity contribution >= 4 is 11.6 Å². The predicted molar refractivity (Wildman–Crippen MR) is 66.9 cm³/mol. The standard InChI is InChI=1S/C13H17N3O/c1-9(2)14-12(17)7-11-8-16-6-4-5-10(3)13(16)15-11/h4-6,8-9H,7H2,1-3H3,(H,14,17). The highest BCUT2D eigenvalue weighted by molar-refractivity contribution is 5.78. The molecule has 0 atom stereocenters. The summed E-state index contributed by atoms with van der Waals surface area (Å²) >= 11 is 0. The van der Waals surface area contributed by atoms with Gasteiger partial charge in [0, 0.05) is 18.4 Å². The second-order valence-corrected chi connectivity index (χ2v) is 4.55. The number of carbonyl (C=O) groups excluding carboxylic acids is 1. The fourth-order valence-corrected chi connectivity index (χ4v) is 1.83. The van der Waals surface area contributed by atoms with Gasteiger partial charge in [-0.1, -0.05) is 6.07 Å². The minimum Gasteiger partial charge on any atom is -0.354 e. The van der Waals surface area contributed by atoms with Gasteiger partial charge < -0.3 is 9.72 Å². The molecule has 2 rings (SSSR count). The van der Waals surface area contributed by atoms with Crippen LogP contribution >= 0.6 is 0 Å². The highest BCUT2D eigenvalue weighted by atomic mass is 16.1. The van der Waals surface area contributed by atoms with E-state index in [1.165, 1.54) is 0 Å². The number of pyridine rings is 1. The third-order valence-electron chi connectivity index (χ3n) is 2.52. The minimum absolute atomic E-state index is 0.0149. The van der Waals surface area contributed by atoms with E-state index in [0.717, 1.165) is 16.9 Å². The lowest BCUT2D eigenvalue weighted by molar-refractivity contribution is -0.120. The Balaban J connectivity index is 2.20. The first-order valence-electron chi connectivity index (χ1n) is 5.79. The van der Waals surface area contributed by atoms with Crippen molar-refractivity contribution in [1.82, 2.24) is 14.7 Å². The van der Waals surface area contributed by atoms with Crippen LogP contribution in [0, 0.1) is 6.92 Å². The number of amides is 1. The molecule has 0 aromatic carbocycles. The Hall–Kier alpha value is -1.84. The molecule has 0 unspecified atom stereocenters. The van der Waals surface area contributed by atoms with Crippen LogP contribution in [-0.4, -0.2) is 21.3 Å². The average molecular weight is 231 g/mol. The van der Waals surface area contributed by atoms with E-state index in [9.17, 15) is 4.79 Å². The van der Waals surface area contributed by atoms with Crippen LogP contribution in [0.2, 0.25) is 0 Å². The van der Waals surface area contributed by atoms with Crippen LogP contribution in [-0.2, 0) is 11.2 Å². The smallest absolute Gasteiger partial charge is 0.226 e. The first kappa shape index (κ1) is 11.6. The van der Waals surface area contributed by atoms with Crippen molar-refractivity contribution in [2.24, 2.45) is 0 Å². The zero-order valence-electron chi connectivity index (χ0n) is 10.4. The largest absolute Gasteiger partial charge is 0.354 e. The van der Waals surface area contributed by atoms with Crippen molar-refractivity contribution in [3.63, 3.8) is 0 Å². The summed E-state index contributed by atoms with van der Waals surface area (Å²) in [5.74, 6) is 0.0149. The number of hydrogen-bond acceptors (Lipinski definition) is 2. The summed E-state index contributed by atoms with van der Waals surface area (Å²) in [7, 11) is 0. The number of fused-ring (bicyclic) bond motifs is 1. The van der Waals surface area contributed by atoms with Crippen molar-refractivity contribution in [3.05, 3.63) is 35.8 Å². The summed E-state index contributed by atoms with van der Waals surface area (Å²) in [5.41, 5.74) is 2.83. The molecule has 0 aliphatic heterocycles. The molecular weight excluding hydrogens is 214 g/mol. The maximum atomic E-state index is 11.6. The Morgan fingerprint density at radius 1 is 1.53 bits per heavy atom. The molecule has 0 spiro atoms. The molecule has 4 nitrogen and oxygen atoms in total. The van der Waals surface area contributed by atoms with E-state index in [1.54, 1.807) is 0 Å². The van der Waals surface area contributed by atoms with E-state index in [0.29, 0.717) is 6.42 Å². The number of carbonyl (C=O) groups is 1. The number of hydrogen-bond donors (Lipinski definition) is 1. The molecule has 2 aromatic heterocycles. The third kappa shape index (κ3) is 2.64. The van der Waals surface area contributed by atoms with Crippen molar-refractivity contribution in [2.45, 2.75) is 33.2 Å². The zero-order chi connectivity index (χ0) is 12.4. The number of nitrogens with zero attached hydrogens (tertiary/aromatic N) is 2. The molecule has 1 N–H and O–H groups in total. The maximum Gasteiger partial charge on any atom is 0.226 e. The summed E-state index contributed by atoms with van der Waals surface area (Å²) in [5, 5.41) is 2.86. The molecule has 0 radical (unpaired) electrons. The van der Waals surface area contributed by atoms with Gasteiger partial charge in [-0.2, -0.15) is 0 Å². The number of imidazole rings is 1. The second-order valence-electron chi connectivity index (χ2n) is 4.55. The Labute approximate surface area is 101 Å². The molecule has 4 heteroatoms. The van der Waals surface area contributed by atoms with Crippen molar-refractivity contribution in [3.8, 4) is 0 Å². The Bertz CT molecular complexity index is 543. The molecule has 0 saturated carbocycles. The van der Waals surface area contributed by atoms with Gasteiger partial charge in [0.1, 0.15) is 5.65 Å². The van der Waals surface area contributed by atoms with Crippen LogP contribution < -0.4 is 5.32 Å². The molecule has 1 amide bonds. The van der Waals surface area contributed by atoms with Gasteiger partial charge in [0.05, 0.1) is 12.1 Å². The van der Waals surface area contributed by atoms with Gasteiger partial charge in [0.15, 0.2) is 0 Å². The van der Waals surface area contributed by atoms with Crippen LogP contribution in [0.5, 0.6) is 0 Å². The maximum absolute atomic E-state index is 11.6. The fourth-order valence-electron chi connectivity index (χ4n) is 1.83. The third-order valence-corrected chi connectivity index (χ3v) is 2.52. The Kier molecular flexibility index (Phi) is 3.13. The molecule has 2 aromatic rings. The van der Waals surface area contributed by atoms with Crippen LogP contribution in [0.4, 0.5) is 0 Å². The summed E-state index contributed by atoms with van der Waals surface area (Å²) in [4.78, 5) is 16.1. The molecule has 0 saturated heterocycles. The highest BCUT2D eigenvalue weighted by Crippen LogP contribution is 2.10. The Morgan fingerprint density at radius 3 is 2.94 bits per heavy atom. The summed E-state index contributed by atoms with van der Waals surface area (Å²) in [6.45, 7) is 5.91. The van der Waals surface area contributed by atoms with Gasteiger partial charge in [0.25, 0.3) is 0 Å². The van der Waals surface area contributed by atoms with Crippen LogP contribution in [0.1, 0.15) is 25.1 Å². The molecule has 0 aliphatic rings. The van der Waals surface area contributed by atoms with Crippen LogP contribution in [0.15, 0.2) is 24.5 Å². The monoisotopic (exact) mass is 231 g/mol. The average Bonchev–Trinajstić information content (AvgIpc) is 2.60. The molecular formula is C13H17N3O. The van der Waals surface area contributed by atoms with E-state index in [-0.39, 0.29) is 11.9 Å². The van der Waals surface area contributed by atoms with Gasteiger partial charge in [-0.3, -0.25) is 4.79 Å². The van der Waals surface area contributed by atoms with Crippen LogP contribution in [0.3, 0.4) is 0 Å². The second kappa shape index (κ2) is 4.57. The lowest BCUT2D eigenvalue weighted by atomic mass is 10.3. The van der Waals surface area contributed by atoms with Crippen LogP contribution in [0.25, 0.3) is 5.65 Å². The lowest BCUT2D eigenvalue weighted by Crippen LogP contribution is -2.31. The van der Waals surface area contributed by atoms with E-state index >= 15 is 0 Å². The quantitative estimate of drug-likeness (QED) is 0.874. The molecule has 2 heterocycles. The van der Waals surface area contributed by atoms with Crippen molar-refractivity contribution in [2.75, 3.05) is 0 Å². The predicted octanol–water partition coefficient (Wildman–Crippen LogP) is 1.71. The summed E-state index contributed by atoms with van der Waals surface area (Å²) < 4.78 is 1.95. The number of aromatic nitrogens is 2. The van der Waals surface area contributed by atoms with E-state index < -0.39 is 0 Å². The lowest BCUT2D eigenvalue weighted by Gasteiger charge is -2.06. The van der Waals surface area contributed by atoms with E-state index in [1.807, 2.05) is 49.7 Å². The van der Waals surface area contributed by atoms with Gasteiger partial charge in [-0.15, -0.1) is 0 Å². The number of rotatable bonds is 3. The normalized spacial score (nSPS) is 11.1. The highest BCUT2D eigenvalue weighted by Gasteiger charge is 2.09. The molecule has 17 heavy (non-hydrogen) atoms. The first-order valence-corrected chi connectivity index (χ1v) is 5.79. The summed E-state index contributed by atoms with van der Waals surface area (Å²) in [6.07, 6.45) is 4.18. The van der Waals surface area contributed by atoms with E-state index in [2.05, 4.69) is 10.3 Å². The number of aryl methyl sites for hydroxylation is 1. The zero-order valence-corrected chi connectivity index (χ0v) is 10.4. The van der Waals surface area contributed by atoms with Gasteiger partial charge in [-0.05, 0) is 32.4 Å². The van der Waals surface area contributed by atoms with Gasteiger partial charge in [-0.25, -0.2) is 4.98 Å². The molecule has 0 fully saturated rings. The van der Waals surface area contributed by atoms with Crippen molar-refractivity contribution in [1.29, 1.82) is 0 Å². The minimum atomic E-state index is 0.0149. The molecule has 0 aliphatic carbocycles. The van der Waals surface area contributed by atoms with Gasteiger partial charge >= 0.3 is 0 Å².